The van der Waals surface area contributed by atoms with Crippen molar-refractivity contribution in [2.24, 2.45) is 5.73 Å². The molecule has 78 valence electrons. The number of hydrogen-bond donors (Lipinski definition) is 1. The molecule has 4 heteroatoms. The lowest BCUT2D eigenvalue weighted by Crippen LogP contribution is -2.30. The maximum absolute atomic E-state index is 5.64. The van der Waals surface area contributed by atoms with Crippen LogP contribution in [0.1, 0.15) is 25.8 Å². The summed E-state index contributed by atoms with van der Waals surface area (Å²) in [6, 6.07) is 2.37. The Morgan fingerprint density at radius 1 is 1.57 bits per heavy atom. The van der Waals surface area contributed by atoms with E-state index in [0.717, 1.165) is 17.8 Å². The summed E-state index contributed by atoms with van der Waals surface area (Å²) >= 11 is 0. The summed E-state index contributed by atoms with van der Waals surface area (Å²) < 4.78 is 0. The molecule has 0 bridgehead atoms. The normalized spacial score (nSPS) is 12.6. The van der Waals surface area contributed by atoms with Crippen LogP contribution in [0.5, 0.6) is 0 Å². The van der Waals surface area contributed by atoms with Gasteiger partial charge in [0.05, 0.1) is 6.20 Å². The maximum Gasteiger partial charge on any atom is 0.155 e. The SMILES string of the molecule is CCC(C)N(C)c1nnccc1CN. The summed E-state index contributed by atoms with van der Waals surface area (Å²) in [6.45, 7) is 4.82. The van der Waals surface area contributed by atoms with Crippen LogP contribution in [0.4, 0.5) is 5.82 Å². The van der Waals surface area contributed by atoms with Crippen LogP contribution in [-0.4, -0.2) is 23.3 Å². The maximum atomic E-state index is 5.64. The molecule has 0 aromatic carbocycles. The van der Waals surface area contributed by atoms with Crippen LogP contribution in [0, 0.1) is 0 Å². The molecule has 1 heterocycles. The molecule has 0 aliphatic carbocycles. The zero-order chi connectivity index (χ0) is 10.6. The van der Waals surface area contributed by atoms with Crippen molar-refractivity contribution in [3.8, 4) is 0 Å². The number of nitrogens with zero attached hydrogens (tertiary/aromatic N) is 3. The van der Waals surface area contributed by atoms with Gasteiger partial charge in [-0.15, -0.1) is 5.10 Å². The van der Waals surface area contributed by atoms with Crippen molar-refractivity contribution in [3.63, 3.8) is 0 Å². The predicted octanol–water partition coefficient (Wildman–Crippen LogP) is 1.17. The third kappa shape index (κ3) is 2.20. The van der Waals surface area contributed by atoms with Crippen molar-refractivity contribution < 1.29 is 0 Å². The van der Waals surface area contributed by atoms with E-state index in [-0.39, 0.29) is 0 Å². The van der Waals surface area contributed by atoms with E-state index in [2.05, 4.69) is 28.9 Å². The summed E-state index contributed by atoms with van der Waals surface area (Å²) in [6.07, 6.45) is 2.76. The molecule has 0 saturated carbocycles. The number of rotatable bonds is 4. The lowest BCUT2D eigenvalue weighted by molar-refractivity contribution is 0.648. The molecule has 0 saturated heterocycles. The second-order valence-corrected chi connectivity index (χ2v) is 3.45. The van der Waals surface area contributed by atoms with Crippen LogP contribution >= 0.6 is 0 Å². The fourth-order valence-corrected chi connectivity index (χ4v) is 1.29. The first kappa shape index (κ1) is 10.9. The standard InChI is InChI=1S/C10H18N4/c1-4-8(2)14(3)10-9(7-11)5-6-12-13-10/h5-6,8H,4,7,11H2,1-3H3. The average molecular weight is 194 g/mol. The van der Waals surface area contributed by atoms with Crippen LogP contribution in [0.3, 0.4) is 0 Å². The molecule has 1 rings (SSSR count). The van der Waals surface area contributed by atoms with Crippen molar-refractivity contribution in [1.29, 1.82) is 0 Å². The van der Waals surface area contributed by atoms with Gasteiger partial charge in [0.1, 0.15) is 0 Å². The predicted molar refractivity (Wildman–Crippen MR) is 58.1 cm³/mol. The Balaban J connectivity index is 2.93. The van der Waals surface area contributed by atoms with Crippen LogP contribution in [0.15, 0.2) is 12.3 Å². The Labute approximate surface area is 85.1 Å². The molecule has 4 nitrogen and oxygen atoms in total. The minimum atomic E-state index is 0.456. The summed E-state index contributed by atoms with van der Waals surface area (Å²) in [4.78, 5) is 2.12. The molecule has 0 fully saturated rings. The molecular weight excluding hydrogens is 176 g/mol. The van der Waals surface area contributed by atoms with Gasteiger partial charge in [0.25, 0.3) is 0 Å². The highest BCUT2D eigenvalue weighted by Gasteiger charge is 2.12. The summed E-state index contributed by atoms with van der Waals surface area (Å²) in [5.74, 6) is 0.893. The zero-order valence-electron chi connectivity index (χ0n) is 9.07. The van der Waals surface area contributed by atoms with Gasteiger partial charge < -0.3 is 10.6 Å². The Morgan fingerprint density at radius 2 is 2.29 bits per heavy atom. The first-order valence-corrected chi connectivity index (χ1v) is 4.94. The fourth-order valence-electron chi connectivity index (χ4n) is 1.29. The van der Waals surface area contributed by atoms with E-state index in [1.165, 1.54) is 0 Å². The topological polar surface area (TPSA) is 55.0 Å². The number of aromatic nitrogens is 2. The summed E-state index contributed by atoms with van der Waals surface area (Å²) in [5, 5.41) is 8.00. The molecule has 0 aliphatic rings. The lowest BCUT2D eigenvalue weighted by Gasteiger charge is -2.25. The number of anilines is 1. The molecule has 0 spiro atoms. The Kier molecular flexibility index (Phi) is 3.83. The van der Waals surface area contributed by atoms with E-state index in [1.807, 2.05) is 13.1 Å². The van der Waals surface area contributed by atoms with E-state index in [4.69, 9.17) is 5.73 Å². The minimum Gasteiger partial charge on any atom is -0.355 e. The first-order chi connectivity index (χ1) is 6.70. The second kappa shape index (κ2) is 4.91. The van der Waals surface area contributed by atoms with Gasteiger partial charge in [-0.3, -0.25) is 0 Å². The Bertz CT molecular complexity index is 287. The van der Waals surface area contributed by atoms with Crippen LogP contribution in [-0.2, 0) is 6.54 Å². The van der Waals surface area contributed by atoms with Gasteiger partial charge in [-0.2, -0.15) is 5.10 Å². The minimum absolute atomic E-state index is 0.456. The number of nitrogens with two attached hydrogens (primary N) is 1. The molecule has 2 N–H and O–H groups in total. The van der Waals surface area contributed by atoms with Gasteiger partial charge in [0, 0.05) is 25.2 Å². The van der Waals surface area contributed by atoms with Crippen molar-refractivity contribution in [3.05, 3.63) is 17.8 Å². The van der Waals surface area contributed by atoms with Crippen LogP contribution in [0.2, 0.25) is 0 Å². The Morgan fingerprint density at radius 3 is 2.86 bits per heavy atom. The second-order valence-electron chi connectivity index (χ2n) is 3.45. The molecule has 14 heavy (non-hydrogen) atoms. The van der Waals surface area contributed by atoms with E-state index < -0.39 is 0 Å². The molecule has 1 unspecified atom stereocenters. The van der Waals surface area contributed by atoms with Crippen molar-refractivity contribution >= 4 is 5.82 Å². The van der Waals surface area contributed by atoms with E-state index in [1.54, 1.807) is 6.20 Å². The van der Waals surface area contributed by atoms with Gasteiger partial charge in [0.2, 0.25) is 0 Å². The van der Waals surface area contributed by atoms with E-state index >= 15 is 0 Å². The van der Waals surface area contributed by atoms with Gasteiger partial charge in [-0.25, -0.2) is 0 Å². The van der Waals surface area contributed by atoms with Crippen LogP contribution in [0.25, 0.3) is 0 Å². The molecule has 0 radical (unpaired) electrons. The average Bonchev–Trinajstić information content (AvgIpc) is 2.26. The fraction of sp³-hybridized carbons (Fsp3) is 0.600. The van der Waals surface area contributed by atoms with Gasteiger partial charge in [-0.1, -0.05) is 6.92 Å². The molecule has 1 aromatic rings. The van der Waals surface area contributed by atoms with Gasteiger partial charge in [0.15, 0.2) is 5.82 Å². The molecule has 0 aliphatic heterocycles. The first-order valence-electron chi connectivity index (χ1n) is 4.94. The smallest absolute Gasteiger partial charge is 0.155 e. The highest BCUT2D eigenvalue weighted by Crippen LogP contribution is 2.17. The summed E-state index contributed by atoms with van der Waals surface area (Å²) in [7, 11) is 2.03. The third-order valence-corrected chi connectivity index (χ3v) is 2.59. The monoisotopic (exact) mass is 194 g/mol. The highest BCUT2D eigenvalue weighted by atomic mass is 15.3. The zero-order valence-corrected chi connectivity index (χ0v) is 9.07. The van der Waals surface area contributed by atoms with Gasteiger partial charge >= 0.3 is 0 Å². The number of hydrogen-bond acceptors (Lipinski definition) is 4. The van der Waals surface area contributed by atoms with Crippen molar-refractivity contribution in [2.75, 3.05) is 11.9 Å². The van der Waals surface area contributed by atoms with Crippen LogP contribution < -0.4 is 10.6 Å². The van der Waals surface area contributed by atoms with E-state index in [9.17, 15) is 0 Å². The van der Waals surface area contributed by atoms with Crippen molar-refractivity contribution in [1.82, 2.24) is 10.2 Å². The lowest BCUT2D eigenvalue weighted by atomic mass is 10.2. The largest absolute Gasteiger partial charge is 0.355 e. The highest BCUT2D eigenvalue weighted by molar-refractivity contribution is 5.45. The van der Waals surface area contributed by atoms with Crippen molar-refractivity contribution in [2.45, 2.75) is 32.9 Å². The summed E-state index contributed by atoms with van der Waals surface area (Å²) in [5.41, 5.74) is 6.68. The molecular formula is C10H18N4. The quantitative estimate of drug-likeness (QED) is 0.781. The van der Waals surface area contributed by atoms with E-state index in [0.29, 0.717) is 12.6 Å². The third-order valence-electron chi connectivity index (χ3n) is 2.59. The molecule has 1 atom stereocenters. The Hall–Kier alpha value is -1.16. The molecule has 0 amide bonds. The molecule has 1 aromatic heterocycles. The van der Waals surface area contributed by atoms with Gasteiger partial charge in [-0.05, 0) is 19.4 Å².